The van der Waals surface area contributed by atoms with Crippen LogP contribution in [0.1, 0.15) is 10.4 Å². The van der Waals surface area contributed by atoms with Crippen molar-refractivity contribution in [2.75, 3.05) is 6.54 Å². The van der Waals surface area contributed by atoms with Gasteiger partial charge in [-0.2, -0.15) is 5.10 Å². The van der Waals surface area contributed by atoms with E-state index in [0.29, 0.717) is 17.8 Å². The smallest absolute Gasteiger partial charge is 0.250 e. The maximum atomic E-state index is 12.0. The highest BCUT2D eigenvalue weighted by Gasteiger charge is 2.16. The van der Waals surface area contributed by atoms with Gasteiger partial charge in [-0.05, 0) is 24.1 Å². The zero-order valence-corrected chi connectivity index (χ0v) is 12.0. The number of sulfonamides is 1. The first-order chi connectivity index (χ1) is 9.01. The molecule has 2 aromatic rings. The van der Waals surface area contributed by atoms with Gasteiger partial charge in [0.05, 0.1) is 12.8 Å². The van der Waals surface area contributed by atoms with Crippen LogP contribution in [0.3, 0.4) is 0 Å². The summed E-state index contributed by atoms with van der Waals surface area (Å²) >= 11 is 1.07. The average Bonchev–Trinajstić information content (AvgIpc) is 2.98. The molecule has 0 amide bonds. The number of thiophene rings is 1. The normalized spacial score (nSPS) is 11.9. The van der Waals surface area contributed by atoms with Gasteiger partial charge in [-0.15, -0.1) is 11.3 Å². The van der Waals surface area contributed by atoms with E-state index in [4.69, 9.17) is 5.11 Å². The van der Waals surface area contributed by atoms with Gasteiger partial charge in [0.15, 0.2) is 0 Å². The third-order valence-electron chi connectivity index (χ3n) is 2.52. The van der Waals surface area contributed by atoms with Gasteiger partial charge in [-0.25, -0.2) is 13.1 Å². The third kappa shape index (κ3) is 3.63. The molecule has 0 bridgehead atoms. The molecule has 0 radical (unpaired) electrons. The van der Waals surface area contributed by atoms with Gasteiger partial charge in [0.25, 0.3) is 0 Å². The highest BCUT2D eigenvalue weighted by Crippen LogP contribution is 2.21. The second-order valence-corrected chi connectivity index (χ2v) is 7.21. The Morgan fingerprint density at radius 2 is 2.26 bits per heavy atom. The van der Waals surface area contributed by atoms with Gasteiger partial charge in [-0.1, -0.05) is 0 Å². The Morgan fingerprint density at radius 1 is 1.47 bits per heavy atom. The molecule has 2 aromatic heterocycles. The molecule has 0 saturated heterocycles. The van der Waals surface area contributed by atoms with E-state index < -0.39 is 10.0 Å². The van der Waals surface area contributed by atoms with Crippen molar-refractivity contribution in [1.82, 2.24) is 14.5 Å². The van der Waals surface area contributed by atoms with Crippen molar-refractivity contribution in [3.8, 4) is 0 Å². The molecule has 0 fully saturated rings. The van der Waals surface area contributed by atoms with E-state index in [1.165, 1.54) is 6.07 Å². The number of aryl methyl sites for hydroxylation is 1. The highest BCUT2D eigenvalue weighted by molar-refractivity contribution is 7.91. The summed E-state index contributed by atoms with van der Waals surface area (Å²) in [4.78, 5) is 0.632. The van der Waals surface area contributed by atoms with Crippen LogP contribution in [0.5, 0.6) is 0 Å². The Bertz CT molecular complexity index is 646. The minimum Gasteiger partial charge on any atom is -0.391 e. The lowest BCUT2D eigenvalue weighted by molar-refractivity contribution is 0.285. The largest absolute Gasteiger partial charge is 0.391 e. The van der Waals surface area contributed by atoms with E-state index in [1.807, 2.05) is 13.2 Å². The Kier molecular flexibility index (Phi) is 4.35. The lowest BCUT2D eigenvalue weighted by Crippen LogP contribution is -2.25. The van der Waals surface area contributed by atoms with Gasteiger partial charge in [0.1, 0.15) is 4.21 Å². The van der Waals surface area contributed by atoms with Crippen LogP contribution >= 0.6 is 11.3 Å². The summed E-state index contributed by atoms with van der Waals surface area (Å²) < 4.78 is 28.3. The van der Waals surface area contributed by atoms with Crippen LogP contribution in [-0.4, -0.2) is 29.8 Å². The fourth-order valence-corrected chi connectivity index (χ4v) is 3.88. The molecule has 2 N–H and O–H groups in total. The quantitative estimate of drug-likeness (QED) is 0.813. The van der Waals surface area contributed by atoms with Crippen LogP contribution < -0.4 is 4.72 Å². The van der Waals surface area contributed by atoms with Crippen molar-refractivity contribution in [3.05, 3.63) is 35.0 Å². The number of aromatic nitrogens is 2. The summed E-state index contributed by atoms with van der Waals surface area (Å²) in [5.74, 6) is 0. The topological polar surface area (TPSA) is 84.2 Å². The summed E-state index contributed by atoms with van der Waals surface area (Å²) in [6.45, 7) is 0.177. The molecule has 0 atom stereocenters. The van der Waals surface area contributed by atoms with Gasteiger partial charge in [0, 0.05) is 24.7 Å². The van der Waals surface area contributed by atoms with E-state index in [2.05, 4.69) is 9.82 Å². The van der Waals surface area contributed by atoms with E-state index in [9.17, 15) is 8.42 Å². The van der Waals surface area contributed by atoms with E-state index >= 15 is 0 Å². The lowest BCUT2D eigenvalue weighted by Gasteiger charge is -2.03. The minimum absolute atomic E-state index is 0.143. The standard InChI is InChI=1S/C11H15N3O3S2/c1-14-7-9(6-12-14)4-5-13-19(16,17)11-3-2-10(8-15)18-11/h2-3,6-7,13,15H,4-5,8H2,1H3. The molecular formula is C11H15N3O3S2. The molecule has 19 heavy (non-hydrogen) atoms. The summed E-state index contributed by atoms with van der Waals surface area (Å²) in [6, 6.07) is 3.11. The van der Waals surface area contributed by atoms with Gasteiger partial charge < -0.3 is 5.11 Å². The molecule has 0 aromatic carbocycles. The van der Waals surface area contributed by atoms with Crippen molar-refractivity contribution in [3.63, 3.8) is 0 Å². The molecule has 0 aliphatic rings. The highest BCUT2D eigenvalue weighted by atomic mass is 32.2. The Labute approximate surface area is 115 Å². The molecule has 8 heteroatoms. The molecule has 2 heterocycles. The number of aliphatic hydroxyl groups excluding tert-OH is 1. The average molecular weight is 301 g/mol. The Hall–Kier alpha value is -1.22. The summed E-state index contributed by atoms with van der Waals surface area (Å²) in [6.07, 6.45) is 4.15. The second-order valence-electron chi connectivity index (χ2n) is 4.05. The molecule has 0 spiro atoms. The van der Waals surface area contributed by atoms with Crippen molar-refractivity contribution in [2.24, 2.45) is 7.05 Å². The first-order valence-corrected chi connectivity index (χ1v) is 7.98. The van der Waals surface area contributed by atoms with Gasteiger partial charge in [-0.3, -0.25) is 4.68 Å². The first-order valence-electron chi connectivity index (χ1n) is 5.68. The number of aliphatic hydroxyl groups is 1. The van der Waals surface area contributed by atoms with Crippen molar-refractivity contribution >= 4 is 21.4 Å². The zero-order valence-electron chi connectivity index (χ0n) is 10.4. The van der Waals surface area contributed by atoms with Crippen LogP contribution in [0.25, 0.3) is 0 Å². The molecule has 104 valence electrons. The number of rotatable bonds is 6. The maximum absolute atomic E-state index is 12.0. The zero-order chi connectivity index (χ0) is 13.9. The Balaban J connectivity index is 1.94. The number of hydrogen-bond donors (Lipinski definition) is 2. The number of nitrogens with one attached hydrogen (secondary N) is 1. The third-order valence-corrected chi connectivity index (χ3v) is 5.54. The fourth-order valence-electron chi connectivity index (χ4n) is 1.59. The minimum atomic E-state index is -3.48. The van der Waals surface area contributed by atoms with E-state index in [1.54, 1.807) is 16.9 Å². The van der Waals surface area contributed by atoms with Crippen LogP contribution in [0, 0.1) is 0 Å². The summed E-state index contributed by atoms with van der Waals surface area (Å²) in [5.41, 5.74) is 0.979. The molecular weight excluding hydrogens is 286 g/mol. The molecule has 2 rings (SSSR count). The molecule has 0 aliphatic heterocycles. The summed E-state index contributed by atoms with van der Waals surface area (Å²) in [5, 5.41) is 12.9. The lowest BCUT2D eigenvalue weighted by atomic mass is 10.3. The maximum Gasteiger partial charge on any atom is 0.250 e. The Morgan fingerprint density at radius 3 is 2.84 bits per heavy atom. The summed E-state index contributed by atoms with van der Waals surface area (Å²) in [7, 11) is -1.67. The molecule has 0 unspecified atom stereocenters. The van der Waals surface area contributed by atoms with Crippen molar-refractivity contribution in [2.45, 2.75) is 17.2 Å². The molecule has 0 aliphatic carbocycles. The number of nitrogens with zero attached hydrogens (tertiary/aromatic N) is 2. The van der Waals surface area contributed by atoms with Crippen molar-refractivity contribution in [1.29, 1.82) is 0 Å². The predicted octanol–water partition coefficient (Wildman–Crippen LogP) is 0.495. The van der Waals surface area contributed by atoms with Gasteiger partial charge >= 0.3 is 0 Å². The number of hydrogen-bond acceptors (Lipinski definition) is 5. The monoisotopic (exact) mass is 301 g/mol. The van der Waals surface area contributed by atoms with E-state index in [-0.39, 0.29) is 10.8 Å². The first kappa shape index (κ1) is 14.2. The fraction of sp³-hybridized carbons (Fsp3) is 0.364. The van der Waals surface area contributed by atoms with Crippen LogP contribution in [0.2, 0.25) is 0 Å². The second kappa shape index (κ2) is 5.83. The van der Waals surface area contributed by atoms with Crippen LogP contribution in [0.15, 0.2) is 28.7 Å². The molecule has 6 nitrogen and oxygen atoms in total. The van der Waals surface area contributed by atoms with E-state index in [0.717, 1.165) is 16.9 Å². The van der Waals surface area contributed by atoms with Crippen LogP contribution in [0.4, 0.5) is 0 Å². The SMILES string of the molecule is Cn1cc(CCNS(=O)(=O)c2ccc(CO)s2)cn1. The van der Waals surface area contributed by atoms with Gasteiger partial charge in [0.2, 0.25) is 10.0 Å². The van der Waals surface area contributed by atoms with Crippen molar-refractivity contribution < 1.29 is 13.5 Å². The predicted molar refractivity (Wildman–Crippen MR) is 72.3 cm³/mol. The van der Waals surface area contributed by atoms with Crippen LogP contribution in [-0.2, 0) is 30.1 Å². The molecule has 0 saturated carbocycles.